The predicted molar refractivity (Wildman–Crippen MR) is 98.4 cm³/mol. The maximum atomic E-state index is 13.1. The number of aliphatic hydroxyl groups is 1. The normalized spacial score (nSPS) is 22.6. The fraction of sp³-hybridized carbons (Fsp3) is 0.278. The average Bonchev–Trinajstić information content (AvgIpc) is 2.63. The van der Waals surface area contributed by atoms with Gasteiger partial charge in [-0.25, -0.2) is 0 Å². The van der Waals surface area contributed by atoms with Crippen LogP contribution in [-0.4, -0.2) is 49.2 Å². The molecule has 0 aromatic heterocycles. The summed E-state index contributed by atoms with van der Waals surface area (Å²) in [5.74, 6) is -2.26. The number of phenolic OH excluding ortho intramolecular Hbond substituents is 4. The van der Waals surface area contributed by atoms with Crippen LogP contribution in [0.3, 0.4) is 0 Å². The lowest BCUT2D eigenvalue weighted by Gasteiger charge is -2.42. The Balaban J connectivity index is 2.24. The molecule has 2 aromatic carbocycles. The molecule has 0 amide bonds. The number of carbonyl (C=O) groups excluding carboxylic acids is 1. The molecule has 0 saturated carbocycles. The Morgan fingerprint density at radius 3 is 2.52 bits per heavy atom. The van der Waals surface area contributed by atoms with Crippen LogP contribution in [0.2, 0.25) is 0 Å². The number of benzene rings is 2. The van der Waals surface area contributed by atoms with Crippen molar-refractivity contribution in [3.8, 4) is 28.7 Å². The summed E-state index contributed by atoms with van der Waals surface area (Å²) < 4.78 is 5.83. The molecule has 3 rings (SSSR count). The third-order valence-electron chi connectivity index (χ3n) is 4.61. The van der Waals surface area contributed by atoms with Gasteiger partial charge in [-0.3, -0.25) is 4.79 Å². The number of phenols is 4. The summed E-state index contributed by atoms with van der Waals surface area (Å²) in [6, 6.07) is 4.75. The number of fused-ring (bicyclic) bond motifs is 1. The largest absolute Gasteiger partial charge is 0.508 e. The molecule has 0 aliphatic carbocycles. The first-order valence-corrected chi connectivity index (χ1v) is 8.69. The molecule has 144 valence electrons. The molecule has 2 aromatic rings. The zero-order valence-electron chi connectivity index (χ0n) is 14.0. The Kier molecular flexibility index (Phi) is 4.85. The van der Waals surface area contributed by atoms with Crippen molar-refractivity contribution in [1.82, 2.24) is 0 Å². The van der Waals surface area contributed by atoms with E-state index in [1.54, 1.807) is 0 Å². The number of aliphatic hydroxyl groups excluding tert-OH is 1. The second kappa shape index (κ2) is 6.84. The molecule has 1 aliphatic rings. The monoisotopic (exact) mass is 393 g/mol. The molecular formula is C18H19NO7S. The molecule has 1 heterocycles. The van der Waals surface area contributed by atoms with Crippen molar-refractivity contribution in [2.24, 2.45) is 5.73 Å². The molecule has 0 unspecified atom stereocenters. The number of hydrogen-bond acceptors (Lipinski definition) is 9. The average molecular weight is 393 g/mol. The highest BCUT2D eigenvalue weighted by molar-refractivity contribution is 7.80. The lowest BCUT2D eigenvalue weighted by Crippen LogP contribution is -2.59. The molecule has 9 heteroatoms. The first-order chi connectivity index (χ1) is 12.7. The van der Waals surface area contributed by atoms with Gasteiger partial charge in [0.1, 0.15) is 23.4 Å². The van der Waals surface area contributed by atoms with E-state index in [1.165, 1.54) is 12.1 Å². The van der Waals surface area contributed by atoms with Gasteiger partial charge in [0, 0.05) is 35.4 Å². The fourth-order valence-electron chi connectivity index (χ4n) is 3.21. The molecule has 8 nitrogen and oxygen atoms in total. The molecule has 3 atom stereocenters. The van der Waals surface area contributed by atoms with Crippen LogP contribution < -0.4 is 10.5 Å². The van der Waals surface area contributed by atoms with E-state index in [9.17, 15) is 30.3 Å². The van der Waals surface area contributed by atoms with Crippen LogP contribution in [0.1, 0.15) is 11.1 Å². The SMILES string of the molecule is N[C@@H](CS)C(=O)[C@]1(c2ccc(O)c(O)c2)Oc2cc(O)cc(O)c2C[C@@H]1O. The van der Waals surface area contributed by atoms with Crippen LogP contribution in [-0.2, 0) is 16.8 Å². The van der Waals surface area contributed by atoms with Gasteiger partial charge >= 0.3 is 0 Å². The lowest BCUT2D eigenvalue weighted by molar-refractivity contribution is -0.150. The van der Waals surface area contributed by atoms with Crippen molar-refractivity contribution >= 4 is 18.4 Å². The first-order valence-electron chi connectivity index (χ1n) is 8.05. The second-order valence-corrected chi connectivity index (χ2v) is 6.72. The number of nitrogens with two attached hydrogens (primary N) is 1. The van der Waals surface area contributed by atoms with E-state index in [0.717, 1.165) is 18.2 Å². The molecule has 0 radical (unpaired) electrons. The molecule has 0 fully saturated rings. The highest BCUT2D eigenvalue weighted by Gasteiger charge is 2.54. The summed E-state index contributed by atoms with van der Waals surface area (Å²) in [6.07, 6.45) is -1.64. The molecule has 0 spiro atoms. The Bertz CT molecular complexity index is 904. The summed E-state index contributed by atoms with van der Waals surface area (Å²) in [5, 5.41) is 50.1. The van der Waals surface area contributed by atoms with E-state index in [2.05, 4.69) is 12.6 Å². The van der Waals surface area contributed by atoms with Crippen molar-refractivity contribution in [1.29, 1.82) is 0 Å². The van der Waals surface area contributed by atoms with Crippen LogP contribution in [0.5, 0.6) is 28.7 Å². The highest BCUT2D eigenvalue weighted by Crippen LogP contribution is 2.46. The van der Waals surface area contributed by atoms with E-state index in [0.29, 0.717) is 0 Å². The molecule has 7 N–H and O–H groups in total. The summed E-state index contributed by atoms with van der Waals surface area (Å²) >= 11 is 4.03. The molecule has 0 saturated heterocycles. The minimum Gasteiger partial charge on any atom is -0.508 e. The maximum absolute atomic E-state index is 13.1. The molecular weight excluding hydrogens is 374 g/mol. The zero-order valence-corrected chi connectivity index (χ0v) is 14.9. The van der Waals surface area contributed by atoms with E-state index < -0.39 is 35.0 Å². The van der Waals surface area contributed by atoms with Crippen molar-refractivity contribution in [3.05, 3.63) is 41.5 Å². The third-order valence-corrected chi connectivity index (χ3v) is 5.01. The lowest BCUT2D eigenvalue weighted by atomic mass is 9.77. The highest BCUT2D eigenvalue weighted by atomic mass is 32.1. The van der Waals surface area contributed by atoms with Crippen molar-refractivity contribution in [2.75, 3.05) is 5.75 Å². The number of ether oxygens (including phenoxy) is 1. The first kappa shape index (κ1) is 19.2. The summed E-state index contributed by atoms with van der Waals surface area (Å²) in [7, 11) is 0. The maximum Gasteiger partial charge on any atom is 0.219 e. The quantitative estimate of drug-likeness (QED) is 0.293. The van der Waals surface area contributed by atoms with Crippen LogP contribution in [0.4, 0.5) is 0 Å². The third kappa shape index (κ3) is 3.03. The van der Waals surface area contributed by atoms with Gasteiger partial charge in [0.25, 0.3) is 0 Å². The summed E-state index contributed by atoms with van der Waals surface area (Å²) in [4.78, 5) is 13.1. The minimum atomic E-state index is -2.03. The van der Waals surface area contributed by atoms with Crippen molar-refractivity contribution in [3.63, 3.8) is 0 Å². The Hall–Kier alpha value is -2.62. The van der Waals surface area contributed by atoms with Gasteiger partial charge in [-0.15, -0.1) is 0 Å². The number of rotatable bonds is 4. The Morgan fingerprint density at radius 1 is 1.19 bits per heavy atom. The second-order valence-electron chi connectivity index (χ2n) is 6.36. The summed E-state index contributed by atoms with van der Waals surface area (Å²) in [5.41, 5.74) is 4.10. The number of aromatic hydroxyl groups is 4. The van der Waals surface area contributed by atoms with Crippen molar-refractivity contribution < 1.29 is 35.1 Å². The van der Waals surface area contributed by atoms with Gasteiger partial charge in [-0.1, -0.05) is 6.07 Å². The van der Waals surface area contributed by atoms with E-state index in [1.807, 2.05) is 0 Å². The van der Waals surface area contributed by atoms with Gasteiger partial charge in [0.05, 0.1) is 6.04 Å². The predicted octanol–water partition coefficient (Wildman–Crippen LogP) is 0.526. The minimum absolute atomic E-state index is 0.00919. The molecule has 0 bridgehead atoms. The Labute approximate surface area is 159 Å². The number of Topliss-reactive ketones (excluding diaryl/α,β-unsaturated/α-hetero) is 1. The van der Waals surface area contributed by atoms with Crippen LogP contribution in [0.25, 0.3) is 0 Å². The van der Waals surface area contributed by atoms with Gasteiger partial charge in [-0.2, -0.15) is 12.6 Å². The van der Waals surface area contributed by atoms with Gasteiger partial charge in [0.2, 0.25) is 11.4 Å². The van der Waals surface area contributed by atoms with Gasteiger partial charge in [-0.05, 0) is 12.1 Å². The number of thiol groups is 1. The topological polar surface area (TPSA) is 153 Å². The smallest absolute Gasteiger partial charge is 0.219 e. The standard InChI is InChI=1S/C18H19NO7S/c19-11(7-27)17(25)18(8-1-2-12(21)14(23)3-8)16(24)6-10-13(22)4-9(20)5-15(10)26-18/h1-5,11,16,20-24,27H,6-7,19H2/t11-,16-,18+/m0/s1. The molecule has 27 heavy (non-hydrogen) atoms. The molecule has 1 aliphatic heterocycles. The zero-order chi connectivity index (χ0) is 19.9. The van der Waals surface area contributed by atoms with Crippen LogP contribution in [0, 0.1) is 0 Å². The van der Waals surface area contributed by atoms with Gasteiger partial charge in [0.15, 0.2) is 11.5 Å². The number of ketones is 1. The van der Waals surface area contributed by atoms with E-state index >= 15 is 0 Å². The number of hydrogen-bond donors (Lipinski definition) is 7. The fourth-order valence-corrected chi connectivity index (χ4v) is 3.38. The van der Waals surface area contributed by atoms with Crippen molar-refractivity contribution in [2.45, 2.75) is 24.2 Å². The van der Waals surface area contributed by atoms with E-state index in [-0.39, 0.29) is 40.5 Å². The van der Waals surface area contributed by atoms with Crippen LogP contribution >= 0.6 is 12.6 Å². The number of carbonyl (C=O) groups is 1. The summed E-state index contributed by atoms with van der Waals surface area (Å²) in [6.45, 7) is 0. The van der Waals surface area contributed by atoms with Crippen LogP contribution in [0.15, 0.2) is 30.3 Å². The Morgan fingerprint density at radius 2 is 1.89 bits per heavy atom. The van der Waals surface area contributed by atoms with E-state index in [4.69, 9.17) is 10.5 Å². The van der Waals surface area contributed by atoms with Gasteiger partial charge < -0.3 is 36.0 Å².